The van der Waals surface area contributed by atoms with Gasteiger partial charge in [-0.25, -0.2) is 4.68 Å². The second kappa shape index (κ2) is 5.83. The number of nitrogens with zero attached hydrogens (tertiary/aromatic N) is 2. The van der Waals surface area contributed by atoms with Crippen molar-refractivity contribution >= 4 is 0 Å². The van der Waals surface area contributed by atoms with Crippen molar-refractivity contribution in [3.63, 3.8) is 0 Å². The molecule has 1 aromatic carbocycles. The molecule has 3 nitrogen and oxygen atoms in total. The van der Waals surface area contributed by atoms with Crippen molar-refractivity contribution < 1.29 is 0 Å². The molecule has 0 saturated heterocycles. The van der Waals surface area contributed by atoms with Gasteiger partial charge in [0, 0.05) is 12.7 Å². The fourth-order valence-corrected chi connectivity index (χ4v) is 1.95. The van der Waals surface area contributed by atoms with Gasteiger partial charge in [-0.1, -0.05) is 19.1 Å². The lowest BCUT2D eigenvalue weighted by Crippen LogP contribution is -2.14. The molecule has 0 aliphatic heterocycles. The minimum Gasteiger partial charge on any atom is -0.311 e. The Morgan fingerprint density at radius 3 is 2.83 bits per heavy atom. The van der Waals surface area contributed by atoms with Crippen molar-refractivity contribution in [1.82, 2.24) is 15.1 Å². The molecular formula is C15H21N3. The lowest BCUT2D eigenvalue weighted by Gasteiger charge is -2.07. The molecule has 0 aliphatic rings. The van der Waals surface area contributed by atoms with Crippen molar-refractivity contribution in [2.75, 3.05) is 6.54 Å². The van der Waals surface area contributed by atoms with Crippen LogP contribution in [0.3, 0.4) is 0 Å². The van der Waals surface area contributed by atoms with E-state index in [0.717, 1.165) is 30.9 Å². The zero-order chi connectivity index (χ0) is 13.0. The summed E-state index contributed by atoms with van der Waals surface area (Å²) < 4.78 is 1.96. The van der Waals surface area contributed by atoms with Crippen molar-refractivity contribution in [2.24, 2.45) is 0 Å². The van der Waals surface area contributed by atoms with E-state index in [1.165, 1.54) is 11.1 Å². The van der Waals surface area contributed by atoms with E-state index in [9.17, 15) is 0 Å². The third-order valence-corrected chi connectivity index (χ3v) is 2.99. The Morgan fingerprint density at radius 1 is 1.22 bits per heavy atom. The Hall–Kier alpha value is -1.61. The van der Waals surface area contributed by atoms with E-state index in [1.807, 2.05) is 10.9 Å². The van der Waals surface area contributed by atoms with Gasteiger partial charge in [-0.2, -0.15) is 5.10 Å². The number of benzene rings is 1. The standard InChI is InChI=1S/C15H21N3/c1-4-8-16-11-14-7-9-18(17-14)15-10-12(2)5-6-13(15)3/h5-7,9-10,16H,4,8,11H2,1-3H3. The fourth-order valence-electron chi connectivity index (χ4n) is 1.95. The molecule has 0 unspecified atom stereocenters. The number of aryl methyl sites for hydroxylation is 2. The summed E-state index contributed by atoms with van der Waals surface area (Å²) in [6, 6.07) is 8.52. The van der Waals surface area contributed by atoms with Crippen molar-refractivity contribution in [3.8, 4) is 5.69 Å². The van der Waals surface area contributed by atoms with E-state index in [2.05, 4.69) is 55.5 Å². The highest BCUT2D eigenvalue weighted by Crippen LogP contribution is 2.15. The predicted molar refractivity (Wildman–Crippen MR) is 75.0 cm³/mol. The van der Waals surface area contributed by atoms with Crippen LogP contribution in [0.15, 0.2) is 30.5 Å². The van der Waals surface area contributed by atoms with Gasteiger partial charge in [0.1, 0.15) is 0 Å². The number of hydrogen-bond donors (Lipinski definition) is 1. The minimum absolute atomic E-state index is 0.839. The van der Waals surface area contributed by atoms with Crippen molar-refractivity contribution in [3.05, 3.63) is 47.3 Å². The molecule has 2 aromatic rings. The summed E-state index contributed by atoms with van der Waals surface area (Å²) in [5, 5.41) is 7.97. The molecule has 0 saturated carbocycles. The van der Waals surface area contributed by atoms with Crippen molar-refractivity contribution in [2.45, 2.75) is 33.7 Å². The summed E-state index contributed by atoms with van der Waals surface area (Å²) >= 11 is 0. The lowest BCUT2D eigenvalue weighted by atomic mass is 10.1. The first kappa shape index (κ1) is 12.8. The Labute approximate surface area is 109 Å². The molecule has 0 radical (unpaired) electrons. The molecule has 0 bridgehead atoms. The quantitative estimate of drug-likeness (QED) is 0.818. The van der Waals surface area contributed by atoms with E-state index < -0.39 is 0 Å². The van der Waals surface area contributed by atoms with Crippen molar-refractivity contribution in [1.29, 1.82) is 0 Å². The highest BCUT2D eigenvalue weighted by molar-refractivity contribution is 5.42. The van der Waals surface area contributed by atoms with Crippen LogP contribution in [0.25, 0.3) is 5.69 Å². The van der Waals surface area contributed by atoms with E-state index in [4.69, 9.17) is 0 Å². The maximum absolute atomic E-state index is 4.61. The third-order valence-electron chi connectivity index (χ3n) is 2.99. The molecule has 3 heteroatoms. The molecule has 0 fully saturated rings. The first-order valence-corrected chi connectivity index (χ1v) is 6.53. The normalized spacial score (nSPS) is 10.8. The van der Waals surface area contributed by atoms with Gasteiger partial charge in [-0.05, 0) is 50.1 Å². The van der Waals surface area contributed by atoms with E-state index >= 15 is 0 Å². The number of hydrogen-bond acceptors (Lipinski definition) is 2. The molecule has 0 aliphatic carbocycles. The first-order chi connectivity index (χ1) is 8.70. The van der Waals surface area contributed by atoms with Crippen LogP contribution in [0.5, 0.6) is 0 Å². The van der Waals surface area contributed by atoms with E-state index in [0.29, 0.717) is 0 Å². The summed E-state index contributed by atoms with van der Waals surface area (Å²) in [7, 11) is 0. The van der Waals surface area contributed by atoms with Gasteiger partial charge in [-0.15, -0.1) is 0 Å². The molecule has 0 spiro atoms. The van der Waals surface area contributed by atoms with Crippen LogP contribution in [-0.4, -0.2) is 16.3 Å². The zero-order valence-corrected chi connectivity index (χ0v) is 11.4. The molecule has 1 N–H and O–H groups in total. The van der Waals surface area contributed by atoms with Gasteiger partial charge in [0.05, 0.1) is 11.4 Å². The Kier molecular flexibility index (Phi) is 4.15. The monoisotopic (exact) mass is 243 g/mol. The fraction of sp³-hybridized carbons (Fsp3) is 0.400. The van der Waals surface area contributed by atoms with Gasteiger partial charge in [0.15, 0.2) is 0 Å². The average Bonchev–Trinajstić information content (AvgIpc) is 2.81. The van der Waals surface area contributed by atoms with Gasteiger partial charge >= 0.3 is 0 Å². The van der Waals surface area contributed by atoms with Crippen LogP contribution in [0.4, 0.5) is 0 Å². The summed E-state index contributed by atoms with van der Waals surface area (Å²) in [5.74, 6) is 0. The third kappa shape index (κ3) is 2.99. The van der Waals surface area contributed by atoms with Gasteiger partial charge in [0.25, 0.3) is 0 Å². The second-order valence-corrected chi connectivity index (χ2v) is 4.72. The zero-order valence-electron chi connectivity index (χ0n) is 11.4. The highest BCUT2D eigenvalue weighted by atomic mass is 15.3. The maximum atomic E-state index is 4.61. The Balaban J connectivity index is 2.16. The van der Waals surface area contributed by atoms with Gasteiger partial charge in [0.2, 0.25) is 0 Å². The summed E-state index contributed by atoms with van der Waals surface area (Å²) in [6.07, 6.45) is 3.18. The smallest absolute Gasteiger partial charge is 0.0766 e. The number of aromatic nitrogens is 2. The van der Waals surface area contributed by atoms with E-state index in [1.54, 1.807) is 0 Å². The topological polar surface area (TPSA) is 29.9 Å². The minimum atomic E-state index is 0.839. The summed E-state index contributed by atoms with van der Waals surface area (Å²) in [5.41, 5.74) is 4.76. The SMILES string of the molecule is CCCNCc1ccn(-c2cc(C)ccc2C)n1. The van der Waals surface area contributed by atoms with E-state index in [-0.39, 0.29) is 0 Å². The van der Waals surface area contributed by atoms with Crippen LogP contribution in [0, 0.1) is 13.8 Å². The molecule has 18 heavy (non-hydrogen) atoms. The largest absolute Gasteiger partial charge is 0.311 e. The predicted octanol–water partition coefficient (Wildman–Crippen LogP) is 2.99. The van der Waals surface area contributed by atoms with Crippen LogP contribution >= 0.6 is 0 Å². The second-order valence-electron chi connectivity index (χ2n) is 4.72. The maximum Gasteiger partial charge on any atom is 0.0766 e. The number of nitrogens with one attached hydrogen (secondary N) is 1. The summed E-state index contributed by atoms with van der Waals surface area (Å²) in [6.45, 7) is 8.27. The molecule has 1 aromatic heterocycles. The first-order valence-electron chi connectivity index (χ1n) is 6.53. The van der Waals surface area contributed by atoms with Crippen LogP contribution in [0.2, 0.25) is 0 Å². The lowest BCUT2D eigenvalue weighted by molar-refractivity contribution is 0.656. The summed E-state index contributed by atoms with van der Waals surface area (Å²) in [4.78, 5) is 0. The Bertz CT molecular complexity index is 514. The van der Waals surface area contributed by atoms with Crippen LogP contribution < -0.4 is 5.32 Å². The average molecular weight is 243 g/mol. The highest BCUT2D eigenvalue weighted by Gasteiger charge is 2.04. The molecule has 1 heterocycles. The molecule has 96 valence electrons. The Morgan fingerprint density at radius 2 is 2.06 bits per heavy atom. The number of rotatable bonds is 5. The van der Waals surface area contributed by atoms with Gasteiger partial charge in [-0.3, -0.25) is 0 Å². The molecule has 0 atom stereocenters. The van der Waals surface area contributed by atoms with Crippen LogP contribution in [0.1, 0.15) is 30.2 Å². The van der Waals surface area contributed by atoms with Crippen LogP contribution in [-0.2, 0) is 6.54 Å². The van der Waals surface area contributed by atoms with Gasteiger partial charge < -0.3 is 5.32 Å². The molecule has 2 rings (SSSR count). The molecule has 0 amide bonds. The molecular weight excluding hydrogens is 222 g/mol.